The minimum absolute atomic E-state index is 0.876. The van der Waals surface area contributed by atoms with Crippen molar-refractivity contribution < 1.29 is 0 Å². The SMILES string of the molecule is C/C=C(CCc1cc(Br)ccc1Br)\C(=C/C)C1=NCCN1. The van der Waals surface area contributed by atoms with Crippen LogP contribution in [0.25, 0.3) is 0 Å². The van der Waals surface area contributed by atoms with Crippen LogP contribution in [0.2, 0.25) is 0 Å². The molecule has 0 spiro atoms. The fraction of sp³-hybridized carbons (Fsp3) is 0.353. The number of nitrogens with zero attached hydrogens (tertiary/aromatic N) is 1. The summed E-state index contributed by atoms with van der Waals surface area (Å²) in [4.78, 5) is 4.54. The van der Waals surface area contributed by atoms with Gasteiger partial charge < -0.3 is 5.32 Å². The van der Waals surface area contributed by atoms with Crippen LogP contribution in [0.4, 0.5) is 0 Å². The van der Waals surface area contributed by atoms with Gasteiger partial charge in [0.25, 0.3) is 0 Å². The van der Waals surface area contributed by atoms with Crippen molar-refractivity contribution in [3.63, 3.8) is 0 Å². The van der Waals surface area contributed by atoms with Crippen molar-refractivity contribution in [1.82, 2.24) is 5.32 Å². The van der Waals surface area contributed by atoms with E-state index in [2.05, 4.69) is 86.4 Å². The molecular formula is C17H20Br2N2. The maximum atomic E-state index is 4.54. The van der Waals surface area contributed by atoms with E-state index in [0.29, 0.717) is 0 Å². The van der Waals surface area contributed by atoms with Gasteiger partial charge >= 0.3 is 0 Å². The van der Waals surface area contributed by atoms with E-state index < -0.39 is 0 Å². The second-order valence-corrected chi connectivity index (χ2v) is 6.68. The molecule has 0 aromatic heterocycles. The number of hydrogen-bond acceptors (Lipinski definition) is 2. The van der Waals surface area contributed by atoms with Gasteiger partial charge in [-0.2, -0.15) is 0 Å². The van der Waals surface area contributed by atoms with E-state index in [1.807, 2.05) is 0 Å². The topological polar surface area (TPSA) is 24.4 Å². The minimum Gasteiger partial charge on any atom is -0.368 e. The summed E-state index contributed by atoms with van der Waals surface area (Å²) in [6.45, 7) is 6.00. The van der Waals surface area contributed by atoms with Gasteiger partial charge in [-0.05, 0) is 56.0 Å². The van der Waals surface area contributed by atoms with Gasteiger partial charge in [0.1, 0.15) is 5.84 Å². The molecule has 0 fully saturated rings. The normalized spacial score (nSPS) is 15.9. The van der Waals surface area contributed by atoms with Gasteiger partial charge in [-0.1, -0.05) is 44.0 Å². The van der Waals surface area contributed by atoms with Crippen LogP contribution in [-0.2, 0) is 6.42 Å². The van der Waals surface area contributed by atoms with Crippen molar-refractivity contribution in [2.75, 3.05) is 13.1 Å². The average Bonchev–Trinajstić information content (AvgIpc) is 3.00. The Balaban J connectivity index is 2.11. The second kappa shape index (κ2) is 7.95. The Morgan fingerprint density at radius 2 is 2.10 bits per heavy atom. The molecule has 1 N–H and O–H groups in total. The highest BCUT2D eigenvalue weighted by molar-refractivity contribution is 9.11. The fourth-order valence-electron chi connectivity index (χ4n) is 2.49. The molecule has 0 aliphatic carbocycles. The lowest BCUT2D eigenvalue weighted by atomic mass is 9.97. The largest absolute Gasteiger partial charge is 0.368 e. The molecule has 0 saturated carbocycles. The van der Waals surface area contributed by atoms with Crippen LogP contribution in [0.5, 0.6) is 0 Å². The molecule has 0 saturated heterocycles. The van der Waals surface area contributed by atoms with E-state index in [9.17, 15) is 0 Å². The number of benzene rings is 1. The summed E-state index contributed by atoms with van der Waals surface area (Å²) in [5.41, 5.74) is 3.90. The van der Waals surface area contributed by atoms with Gasteiger partial charge in [-0.3, -0.25) is 4.99 Å². The Hall–Kier alpha value is -0.870. The first-order chi connectivity index (χ1) is 10.2. The van der Waals surface area contributed by atoms with Gasteiger partial charge in [0.2, 0.25) is 0 Å². The highest BCUT2D eigenvalue weighted by Gasteiger charge is 2.14. The first kappa shape index (κ1) is 16.5. The van der Waals surface area contributed by atoms with E-state index in [1.165, 1.54) is 21.2 Å². The van der Waals surface area contributed by atoms with Crippen LogP contribution in [-0.4, -0.2) is 18.9 Å². The summed E-state index contributed by atoms with van der Waals surface area (Å²) in [7, 11) is 0. The van der Waals surface area contributed by atoms with Gasteiger partial charge in [-0.15, -0.1) is 0 Å². The molecule has 1 heterocycles. The molecule has 1 aliphatic heterocycles. The molecule has 2 rings (SSSR count). The first-order valence-corrected chi connectivity index (χ1v) is 8.78. The summed E-state index contributed by atoms with van der Waals surface area (Å²) >= 11 is 7.17. The number of rotatable bonds is 5. The van der Waals surface area contributed by atoms with Crippen molar-refractivity contribution in [2.24, 2.45) is 4.99 Å². The maximum absolute atomic E-state index is 4.54. The Morgan fingerprint density at radius 3 is 2.71 bits per heavy atom. The molecule has 21 heavy (non-hydrogen) atoms. The van der Waals surface area contributed by atoms with E-state index in [0.717, 1.165) is 36.2 Å². The molecule has 2 nitrogen and oxygen atoms in total. The van der Waals surface area contributed by atoms with Crippen molar-refractivity contribution in [3.8, 4) is 0 Å². The molecule has 4 heteroatoms. The van der Waals surface area contributed by atoms with Crippen LogP contribution < -0.4 is 5.32 Å². The number of aliphatic imine (C=N–C) groups is 1. The van der Waals surface area contributed by atoms with E-state index in [-0.39, 0.29) is 0 Å². The van der Waals surface area contributed by atoms with Crippen LogP contribution in [0.3, 0.4) is 0 Å². The van der Waals surface area contributed by atoms with Gasteiger partial charge in [-0.25, -0.2) is 0 Å². The molecule has 1 aromatic carbocycles. The summed E-state index contributed by atoms with van der Waals surface area (Å²) in [5.74, 6) is 1.04. The number of nitrogens with one attached hydrogen (secondary N) is 1. The number of hydrogen-bond donors (Lipinski definition) is 1. The molecule has 0 amide bonds. The molecule has 1 aliphatic rings. The Kier molecular flexibility index (Phi) is 6.24. The third-order valence-electron chi connectivity index (χ3n) is 3.58. The summed E-state index contributed by atoms with van der Waals surface area (Å²) in [6, 6.07) is 6.32. The van der Waals surface area contributed by atoms with Crippen LogP contribution in [0.1, 0.15) is 25.8 Å². The molecule has 0 atom stereocenters. The van der Waals surface area contributed by atoms with Crippen molar-refractivity contribution in [2.45, 2.75) is 26.7 Å². The summed E-state index contributed by atoms with van der Waals surface area (Å²) in [6.07, 6.45) is 6.36. The number of allylic oxidation sites excluding steroid dienone is 2. The Labute approximate surface area is 143 Å². The minimum atomic E-state index is 0.876. The molecule has 0 unspecified atom stereocenters. The van der Waals surface area contributed by atoms with Crippen molar-refractivity contribution in [1.29, 1.82) is 0 Å². The van der Waals surface area contributed by atoms with E-state index >= 15 is 0 Å². The molecular weight excluding hydrogens is 392 g/mol. The smallest absolute Gasteiger partial charge is 0.128 e. The lowest BCUT2D eigenvalue weighted by molar-refractivity contribution is 0.937. The van der Waals surface area contributed by atoms with Crippen LogP contribution >= 0.6 is 31.9 Å². The summed E-state index contributed by atoms with van der Waals surface area (Å²) < 4.78 is 2.29. The number of amidine groups is 1. The monoisotopic (exact) mass is 410 g/mol. The van der Waals surface area contributed by atoms with Crippen molar-refractivity contribution in [3.05, 3.63) is 56.0 Å². The first-order valence-electron chi connectivity index (χ1n) is 7.20. The molecule has 112 valence electrons. The third-order valence-corrected chi connectivity index (χ3v) is 4.85. The van der Waals surface area contributed by atoms with E-state index in [1.54, 1.807) is 0 Å². The van der Waals surface area contributed by atoms with Gasteiger partial charge in [0.05, 0.1) is 6.54 Å². The average molecular weight is 412 g/mol. The van der Waals surface area contributed by atoms with Crippen LogP contribution in [0, 0.1) is 0 Å². The quantitative estimate of drug-likeness (QED) is 0.674. The zero-order valence-electron chi connectivity index (χ0n) is 12.4. The van der Waals surface area contributed by atoms with Crippen LogP contribution in [0.15, 0.2) is 55.4 Å². The van der Waals surface area contributed by atoms with Gasteiger partial charge in [0.15, 0.2) is 0 Å². The Morgan fingerprint density at radius 1 is 1.29 bits per heavy atom. The predicted octanol–water partition coefficient (Wildman–Crippen LogP) is 5.04. The lowest BCUT2D eigenvalue weighted by Gasteiger charge is -2.13. The third kappa shape index (κ3) is 4.30. The highest BCUT2D eigenvalue weighted by Crippen LogP contribution is 2.26. The predicted molar refractivity (Wildman–Crippen MR) is 98.0 cm³/mol. The van der Waals surface area contributed by atoms with Gasteiger partial charge in [0, 0.05) is 21.1 Å². The highest BCUT2D eigenvalue weighted by atomic mass is 79.9. The van der Waals surface area contributed by atoms with E-state index in [4.69, 9.17) is 0 Å². The number of aryl methyl sites for hydroxylation is 1. The zero-order chi connectivity index (χ0) is 15.2. The maximum Gasteiger partial charge on any atom is 0.128 e. The lowest BCUT2D eigenvalue weighted by Crippen LogP contribution is -2.21. The Bertz CT molecular complexity index is 601. The standard InChI is InChI=1S/C17H20Br2N2/c1-3-12(15(4-2)17-20-9-10-21-17)5-6-13-11-14(18)7-8-16(13)19/h3-4,7-8,11H,5-6,9-10H2,1-2H3,(H,20,21)/b12-3-,15-4+. The number of halogens is 2. The zero-order valence-corrected chi connectivity index (χ0v) is 15.6. The molecule has 0 radical (unpaired) electrons. The fourth-order valence-corrected chi connectivity index (χ4v) is 3.34. The second-order valence-electron chi connectivity index (χ2n) is 4.91. The summed E-state index contributed by atoms with van der Waals surface area (Å²) in [5, 5.41) is 3.37. The molecule has 1 aromatic rings. The molecule has 0 bridgehead atoms. The van der Waals surface area contributed by atoms with Crippen molar-refractivity contribution >= 4 is 37.7 Å².